The highest BCUT2D eigenvalue weighted by molar-refractivity contribution is 7.71. The van der Waals surface area contributed by atoms with Crippen LogP contribution in [0.25, 0.3) is 11.0 Å². The van der Waals surface area contributed by atoms with Crippen LogP contribution < -0.4 is 4.74 Å². The fourth-order valence-corrected chi connectivity index (χ4v) is 3.62. The molecule has 0 radical (unpaired) electrons. The van der Waals surface area contributed by atoms with Crippen molar-refractivity contribution in [2.75, 3.05) is 7.11 Å². The number of ether oxygens (including phenoxy) is 1. The molecule has 0 bridgehead atoms. The largest absolute Gasteiger partial charge is 0.497 e. The summed E-state index contributed by atoms with van der Waals surface area (Å²) in [5.41, 5.74) is 3.53. The molecule has 3 nitrogen and oxygen atoms in total. The summed E-state index contributed by atoms with van der Waals surface area (Å²) in [6.45, 7) is 3.00. The van der Waals surface area contributed by atoms with Crippen molar-refractivity contribution < 1.29 is 4.74 Å². The molecule has 0 aliphatic rings. The van der Waals surface area contributed by atoms with E-state index < -0.39 is 0 Å². The Morgan fingerprint density at radius 2 is 2.20 bits per heavy atom. The van der Waals surface area contributed by atoms with Gasteiger partial charge in [-0.3, -0.25) is 0 Å². The van der Waals surface area contributed by atoms with E-state index in [9.17, 15) is 0 Å². The lowest BCUT2D eigenvalue weighted by Crippen LogP contribution is -2.00. The van der Waals surface area contributed by atoms with Crippen LogP contribution in [0.2, 0.25) is 0 Å². The van der Waals surface area contributed by atoms with E-state index in [0.29, 0.717) is 0 Å². The molecule has 1 aromatic carbocycles. The van der Waals surface area contributed by atoms with Crippen molar-refractivity contribution in [3.63, 3.8) is 0 Å². The number of hydrogen-bond donors (Lipinski definition) is 1. The highest BCUT2D eigenvalue weighted by Gasteiger charge is 2.09. The predicted octanol–water partition coefficient (Wildman–Crippen LogP) is 4.38. The smallest absolute Gasteiger partial charge is 0.178 e. The van der Waals surface area contributed by atoms with Crippen LogP contribution in [0.4, 0.5) is 0 Å². The fraction of sp³-hybridized carbons (Fsp3) is 0.267. The predicted molar refractivity (Wildman–Crippen MR) is 86.5 cm³/mol. The second kappa shape index (κ2) is 5.42. The maximum Gasteiger partial charge on any atom is 0.178 e. The first-order chi connectivity index (χ1) is 9.72. The van der Waals surface area contributed by atoms with Crippen LogP contribution in [-0.4, -0.2) is 16.7 Å². The van der Waals surface area contributed by atoms with Crippen LogP contribution >= 0.6 is 23.6 Å². The van der Waals surface area contributed by atoms with Crippen LogP contribution in [0.1, 0.15) is 17.4 Å². The molecule has 3 rings (SSSR count). The lowest BCUT2D eigenvalue weighted by molar-refractivity contribution is 0.415. The number of nitrogens with one attached hydrogen (secondary N) is 1. The van der Waals surface area contributed by atoms with Crippen LogP contribution in [-0.2, 0) is 13.0 Å². The van der Waals surface area contributed by atoms with Crippen LogP contribution in [0.3, 0.4) is 0 Å². The Morgan fingerprint density at radius 3 is 2.95 bits per heavy atom. The number of H-pyrrole nitrogens is 1. The number of hydrogen-bond acceptors (Lipinski definition) is 3. The number of aromatic amines is 1. The molecular formula is C15H16N2OS2. The third kappa shape index (κ3) is 2.27. The Morgan fingerprint density at radius 1 is 1.35 bits per heavy atom. The zero-order valence-electron chi connectivity index (χ0n) is 11.5. The van der Waals surface area contributed by atoms with E-state index in [1.54, 1.807) is 18.4 Å². The Kier molecular flexibility index (Phi) is 3.63. The van der Waals surface area contributed by atoms with Gasteiger partial charge in [-0.25, -0.2) is 0 Å². The van der Waals surface area contributed by atoms with E-state index in [0.717, 1.165) is 34.5 Å². The summed E-state index contributed by atoms with van der Waals surface area (Å²) in [6, 6.07) is 8.18. The van der Waals surface area contributed by atoms with Crippen LogP contribution in [0.5, 0.6) is 5.75 Å². The molecular weight excluding hydrogens is 288 g/mol. The number of methoxy groups -OCH3 is 1. The Balaban J connectivity index is 2.10. The van der Waals surface area contributed by atoms with Crippen molar-refractivity contribution in [3.05, 3.63) is 44.9 Å². The molecule has 5 heteroatoms. The monoisotopic (exact) mass is 304 g/mol. The van der Waals surface area contributed by atoms with Gasteiger partial charge in [0.25, 0.3) is 0 Å². The highest BCUT2D eigenvalue weighted by atomic mass is 32.1. The normalized spacial score (nSPS) is 11.1. The Labute approximate surface area is 126 Å². The summed E-state index contributed by atoms with van der Waals surface area (Å²) in [6.07, 6.45) is 1.05. The van der Waals surface area contributed by atoms with Gasteiger partial charge < -0.3 is 14.3 Å². The zero-order chi connectivity index (χ0) is 14.1. The van der Waals surface area contributed by atoms with E-state index >= 15 is 0 Å². The number of imidazole rings is 1. The summed E-state index contributed by atoms with van der Waals surface area (Å²) in [7, 11) is 1.68. The maximum atomic E-state index is 5.46. The van der Waals surface area contributed by atoms with Gasteiger partial charge in [-0.2, -0.15) is 0 Å². The SMILES string of the molecule is CCc1ccsc1Cn1c(=S)[nH]c2ccc(OC)cc21. The van der Waals surface area contributed by atoms with Gasteiger partial charge in [0.15, 0.2) is 4.77 Å². The van der Waals surface area contributed by atoms with Gasteiger partial charge in [0.05, 0.1) is 24.7 Å². The minimum atomic E-state index is 0.753. The summed E-state index contributed by atoms with van der Waals surface area (Å²) < 4.78 is 8.20. The highest BCUT2D eigenvalue weighted by Crippen LogP contribution is 2.24. The molecule has 0 aliphatic heterocycles. The molecule has 0 saturated carbocycles. The van der Waals surface area contributed by atoms with Gasteiger partial charge in [0, 0.05) is 10.9 Å². The average Bonchev–Trinajstić information content (AvgIpc) is 3.03. The van der Waals surface area contributed by atoms with E-state index in [-0.39, 0.29) is 0 Å². The molecule has 0 fully saturated rings. The number of thiophene rings is 1. The molecule has 2 aromatic heterocycles. The van der Waals surface area contributed by atoms with Crippen LogP contribution in [0, 0.1) is 4.77 Å². The van der Waals surface area contributed by atoms with Gasteiger partial charge >= 0.3 is 0 Å². The first-order valence-electron chi connectivity index (χ1n) is 6.54. The second-order valence-corrected chi connectivity index (χ2v) is 6.01. The van der Waals surface area contributed by atoms with Crippen molar-refractivity contribution in [3.8, 4) is 5.75 Å². The minimum absolute atomic E-state index is 0.753. The quantitative estimate of drug-likeness (QED) is 0.725. The lowest BCUT2D eigenvalue weighted by Gasteiger charge is -2.06. The number of rotatable bonds is 4. The van der Waals surface area contributed by atoms with Gasteiger partial charge in [-0.1, -0.05) is 6.92 Å². The van der Waals surface area contributed by atoms with Gasteiger partial charge in [0.2, 0.25) is 0 Å². The Hall–Kier alpha value is -1.59. The first kappa shape index (κ1) is 13.4. The molecule has 0 amide bonds. The van der Waals surface area contributed by atoms with E-state index in [1.807, 2.05) is 18.2 Å². The summed E-state index contributed by atoms with van der Waals surface area (Å²) in [5.74, 6) is 0.849. The third-order valence-electron chi connectivity index (χ3n) is 3.50. The van der Waals surface area contributed by atoms with E-state index in [2.05, 4.69) is 27.9 Å². The number of aryl methyl sites for hydroxylation is 1. The summed E-state index contributed by atoms with van der Waals surface area (Å²) in [5, 5.41) is 2.15. The van der Waals surface area contributed by atoms with Gasteiger partial charge in [0.1, 0.15) is 5.75 Å². The molecule has 1 N–H and O–H groups in total. The molecule has 104 valence electrons. The molecule has 2 heterocycles. The second-order valence-electron chi connectivity index (χ2n) is 4.62. The van der Waals surface area contributed by atoms with Crippen molar-refractivity contribution >= 4 is 34.6 Å². The molecule has 0 spiro atoms. The van der Waals surface area contributed by atoms with E-state index in [1.165, 1.54) is 10.4 Å². The molecule has 0 unspecified atom stereocenters. The van der Waals surface area contributed by atoms with Crippen molar-refractivity contribution in [1.82, 2.24) is 9.55 Å². The number of nitrogens with zero attached hydrogens (tertiary/aromatic N) is 1. The number of benzene rings is 1. The lowest BCUT2D eigenvalue weighted by atomic mass is 10.2. The summed E-state index contributed by atoms with van der Waals surface area (Å²) >= 11 is 7.24. The topological polar surface area (TPSA) is 29.9 Å². The standard InChI is InChI=1S/C15H16N2OS2/c1-3-10-6-7-20-14(10)9-17-13-8-11(18-2)4-5-12(13)16-15(17)19/h4-8H,3,9H2,1-2H3,(H,16,19). The minimum Gasteiger partial charge on any atom is -0.497 e. The van der Waals surface area contributed by atoms with Crippen molar-refractivity contribution in [2.24, 2.45) is 0 Å². The first-order valence-corrected chi connectivity index (χ1v) is 7.83. The summed E-state index contributed by atoms with van der Waals surface area (Å²) in [4.78, 5) is 4.62. The molecule has 0 saturated heterocycles. The van der Waals surface area contributed by atoms with Crippen molar-refractivity contribution in [2.45, 2.75) is 19.9 Å². The Bertz CT molecular complexity index is 798. The third-order valence-corrected chi connectivity index (χ3v) is 4.77. The zero-order valence-corrected chi connectivity index (χ0v) is 13.1. The van der Waals surface area contributed by atoms with Gasteiger partial charge in [-0.15, -0.1) is 11.3 Å². The fourth-order valence-electron chi connectivity index (χ4n) is 2.38. The van der Waals surface area contributed by atoms with Crippen LogP contribution in [0.15, 0.2) is 29.6 Å². The molecule has 3 aromatic rings. The number of fused-ring (bicyclic) bond motifs is 1. The van der Waals surface area contributed by atoms with Gasteiger partial charge in [-0.05, 0) is 47.8 Å². The number of aromatic nitrogens is 2. The molecule has 0 aliphatic carbocycles. The maximum absolute atomic E-state index is 5.46. The molecule has 0 atom stereocenters. The molecule has 20 heavy (non-hydrogen) atoms. The van der Waals surface area contributed by atoms with Crippen molar-refractivity contribution in [1.29, 1.82) is 0 Å². The van der Waals surface area contributed by atoms with E-state index in [4.69, 9.17) is 17.0 Å². The average molecular weight is 304 g/mol.